The Balaban J connectivity index is 1.82. The highest BCUT2D eigenvalue weighted by Crippen LogP contribution is 2.29. The zero-order chi connectivity index (χ0) is 13.9. The van der Waals surface area contributed by atoms with Gasteiger partial charge in [0.1, 0.15) is 10.3 Å². The van der Waals surface area contributed by atoms with E-state index < -0.39 is 0 Å². The van der Waals surface area contributed by atoms with Gasteiger partial charge in [-0.3, -0.25) is 9.78 Å². The molecule has 0 atom stereocenters. The van der Waals surface area contributed by atoms with Gasteiger partial charge in [0.05, 0.1) is 0 Å². The molecule has 2 heterocycles. The third-order valence-electron chi connectivity index (χ3n) is 3.29. The number of rotatable bonds is 4. The number of carbonyl (C=O) groups excluding carboxylic acids is 1. The topological polar surface area (TPSA) is 46.1 Å². The van der Waals surface area contributed by atoms with Crippen molar-refractivity contribution < 1.29 is 4.79 Å². The zero-order valence-corrected chi connectivity index (χ0v) is 12.5. The second-order valence-corrected chi connectivity index (χ2v) is 5.68. The van der Waals surface area contributed by atoms with Gasteiger partial charge >= 0.3 is 0 Å². The Morgan fingerprint density at radius 2 is 2.00 bits per heavy atom. The Hall–Kier alpha value is -1.75. The first kappa shape index (κ1) is 13.2. The van der Waals surface area contributed by atoms with E-state index in [1.54, 1.807) is 18.5 Å². The first-order valence-corrected chi connectivity index (χ1v) is 7.36. The van der Waals surface area contributed by atoms with E-state index in [9.17, 15) is 4.79 Å². The summed E-state index contributed by atoms with van der Waals surface area (Å²) < 4.78 is 0.683. The average Bonchev–Trinajstić information content (AvgIpc) is 3.30. The monoisotopic (exact) mass is 331 g/mol. The van der Waals surface area contributed by atoms with Gasteiger partial charge in [-0.1, -0.05) is 6.07 Å². The average molecular weight is 332 g/mol. The van der Waals surface area contributed by atoms with Crippen molar-refractivity contribution in [3.05, 3.63) is 58.6 Å². The van der Waals surface area contributed by atoms with Gasteiger partial charge in [-0.15, -0.1) is 0 Å². The molecule has 1 fully saturated rings. The van der Waals surface area contributed by atoms with Gasteiger partial charge in [0.15, 0.2) is 0 Å². The third-order valence-corrected chi connectivity index (χ3v) is 3.73. The number of nitrogens with zero attached hydrogens (tertiary/aromatic N) is 3. The van der Waals surface area contributed by atoms with Crippen molar-refractivity contribution in [2.75, 3.05) is 0 Å². The molecular weight excluding hydrogens is 318 g/mol. The van der Waals surface area contributed by atoms with Crippen LogP contribution in [0, 0.1) is 0 Å². The highest BCUT2D eigenvalue weighted by Gasteiger charge is 2.33. The summed E-state index contributed by atoms with van der Waals surface area (Å²) in [6, 6.07) is 9.64. The van der Waals surface area contributed by atoms with Crippen molar-refractivity contribution in [2.24, 2.45) is 0 Å². The van der Waals surface area contributed by atoms with E-state index in [-0.39, 0.29) is 5.91 Å². The van der Waals surface area contributed by atoms with Crippen LogP contribution in [0.4, 0.5) is 0 Å². The quantitative estimate of drug-likeness (QED) is 0.809. The van der Waals surface area contributed by atoms with Crippen LogP contribution in [0.2, 0.25) is 0 Å². The molecule has 0 unspecified atom stereocenters. The van der Waals surface area contributed by atoms with Gasteiger partial charge in [0.25, 0.3) is 5.91 Å². The molecule has 0 N–H and O–H groups in total. The van der Waals surface area contributed by atoms with Crippen LogP contribution in [0.1, 0.15) is 28.9 Å². The Kier molecular flexibility index (Phi) is 3.78. The maximum atomic E-state index is 12.6. The molecule has 20 heavy (non-hydrogen) atoms. The molecule has 1 aliphatic carbocycles. The molecule has 2 aromatic heterocycles. The van der Waals surface area contributed by atoms with E-state index in [0.29, 0.717) is 22.9 Å². The summed E-state index contributed by atoms with van der Waals surface area (Å²) in [5.74, 6) is -0.00869. The fourth-order valence-corrected chi connectivity index (χ4v) is 2.46. The van der Waals surface area contributed by atoms with Gasteiger partial charge in [0, 0.05) is 25.0 Å². The molecule has 0 radical (unpaired) electrons. The normalized spacial score (nSPS) is 14.1. The number of halogens is 1. The number of pyridine rings is 2. The van der Waals surface area contributed by atoms with Crippen molar-refractivity contribution in [1.82, 2.24) is 14.9 Å². The molecule has 0 aliphatic heterocycles. The second kappa shape index (κ2) is 5.71. The predicted octanol–water partition coefficient (Wildman–Crippen LogP) is 3.04. The fourth-order valence-electron chi connectivity index (χ4n) is 2.11. The van der Waals surface area contributed by atoms with Gasteiger partial charge in [-0.2, -0.15) is 0 Å². The molecule has 0 aromatic carbocycles. The van der Waals surface area contributed by atoms with Gasteiger partial charge in [0.2, 0.25) is 0 Å². The number of hydrogen-bond acceptors (Lipinski definition) is 3. The Labute approximate surface area is 126 Å². The molecule has 4 nitrogen and oxygen atoms in total. The maximum Gasteiger partial charge on any atom is 0.273 e. The summed E-state index contributed by atoms with van der Waals surface area (Å²) >= 11 is 3.31. The Morgan fingerprint density at radius 1 is 1.25 bits per heavy atom. The third kappa shape index (κ3) is 3.04. The minimum Gasteiger partial charge on any atom is -0.330 e. The van der Waals surface area contributed by atoms with Gasteiger partial charge < -0.3 is 4.90 Å². The van der Waals surface area contributed by atoms with Crippen LogP contribution in [0.3, 0.4) is 0 Å². The van der Waals surface area contributed by atoms with Crippen LogP contribution in [-0.4, -0.2) is 26.8 Å². The fraction of sp³-hybridized carbons (Fsp3) is 0.267. The van der Waals surface area contributed by atoms with Crippen LogP contribution in [-0.2, 0) is 6.54 Å². The largest absolute Gasteiger partial charge is 0.330 e. The van der Waals surface area contributed by atoms with E-state index >= 15 is 0 Å². The Morgan fingerprint density at radius 3 is 2.65 bits per heavy atom. The molecule has 1 aliphatic rings. The highest BCUT2D eigenvalue weighted by atomic mass is 79.9. The molecule has 0 spiro atoms. The molecule has 2 aromatic rings. The minimum atomic E-state index is -0.00869. The van der Waals surface area contributed by atoms with Crippen molar-refractivity contribution in [1.29, 1.82) is 0 Å². The summed E-state index contributed by atoms with van der Waals surface area (Å²) in [6.07, 6.45) is 5.65. The standard InChI is InChI=1S/C15H14BrN3O/c16-14-3-1-2-13(18-14)15(20)19(12-4-5-12)10-11-6-8-17-9-7-11/h1-3,6-9,12H,4-5,10H2. The van der Waals surface area contributed by atoms with E-state index in [0.717, 1.165) is 18.4 Å². The summed E-state index contributed by atoms with van der Waals surface area (Å²) in [5.41, 5.74) is 1.58. The lowest BCUT2D eigenvalue weighted by Crippen LogP contribution is -2.33. The number of aromatic nitrogens is 2. The van der Waals surface area contributed by atoms with Gasteiger partial charge in [-0.05, 0) is 58.6 Å². The second-order valence-electron chi connectivity index (χ2n) is 4.87. The smallest absolute Gasteiger partial charge is 0.273 e. The van der Waals surface area contributed by atoms with E-state index in [2.05, 4.69) is 25.9 Å². The molecule has 5 heteroatoms. The number of carbonyl (C=O) groups is 1. The SMILES string of the molecule is O=C(c1cccc(Br)n1)N(Cc1ccncc1)C1CC1. The van der Waals surface area contributed by atoms with Crippen molar-refractivity contribution >= 4 is 21.8 Å². The van der Waals surface area contributed by atoms with Gasteiger partial charge in [-0.25, -0.2) is 4.98 Å². The van der Waals surface area contributed by atoms with E-state index in [1.165, 1.54) is 0 Å². The highest BCUT2D eigenvalue weighted by molar-refractivity contribution is 9.10. The first-order valence-electron chi connectivity index (χ1n) is 6.56. The summed E-state index contributed by atoms with van der Waals surface area (Å²) in [5, 5.41) is 0. The molecule has 1 amide bonds. The molecular formula is C15H14BrN3O. The van der Waals surface area contributed by atoms with Crippen molar-refractivity contribution in [3.63, 3.8) is 0 Å². The van der Waals surface area contributed by atoms with E-state index in [1.807, 2.05) is 29.2 Å². The molecule has 0 saturated heterocycles. The predicted molar refractivity (Wildman–Crippen MR) is 79.1 cm³/mol. The number of amides is 1. The zero-order valence-electron chi connectivity index (χ0n) is 10.9. The summed E-state index contributed by atoms with van der Waals surface area (Å²) in [4.78, 5) is 22.8. The lowest BCUT2D eigenvalue weighted by atomic mass is 10.2. The molecule has 102 valence electrons. The molecule has 0 bridgehead atoms. The molecule has 3 rings (SSSR count). The van der Waals surface area contributed by atoms with Crippen LogP contribution in [0.5, 0.6) is 0 Å². The van der Waals surface area contributed by atoms with Crippen LogP contribution in [0.25, 0.3) is 0 Å². The number of hydrogen-bond donors (Lipinski definition) is 0. The maximum absolute atomic E-state index is 12.6. The lowest BCUT2D eigenvalue weighted by Gasteiger charge is -2.22. The summed E-state index contributed by atoms with van der Waals surface area (Å²) in [6.45, 7) is 0.611. The van der Waals surface area contributed by atoms with E-state index in [4.69, 9.17) is 0 Å². The van der Waals surface area contributed by atoms with Crippen molar-refractivity contribution in [2.45, 2.75) is 25.4 Å². The van der Waals surface area contributed by atoms with Crippen LogP contribution < -0.4 is 0 Å². The molecule has 1 saturated carbocycles. The van der Waals surface area contributed by atoms with Crippen LogP contribution >= 0.6 is 15.9 Å². The first-order chi connectivity index (χ1) is 9.74. The Bertz CT molecular complexity index is 614. The lowest BCUT2D eigenvalue weighted by molar-refractivity contribution is 0.0723. The summed E-state index contributed by atoms with van der Waals surface area (Å²) in [7, 11) is 0. The van der Waals surface area contributed by atoms with Crippen LogP contribution in [0.15, 0.2) is 47.3 Å². The minimum absolute atomic E-state index is 0.00869. The van der Waals surface area contributed by atoms with Crippen molar-refractivity contribution in [3.8, 4) is 0 Å².